The molecule has 0 fully saturated rings. The Labute approximate surface area is 109 Å². The van der Waals surface area contributed by atoms with Crippen LogP contribution in [0.25, 0.3) is 0 Å². The lowest BCUT2D eigenvalue weighted by Crippen LogP contribution is -2.14. The van der Waals surface area contributed by atoms with Crippen molar-refractivity contribution in [2.45, 2.75) is 18.7 Å². The Morgan fingerprint density at radius 1 is 1.28 bits per heavy atom. The van der Waals surface area contributed by atoms with Gasteiger partial charge in [-0.25, -0.2) is 17.8 Å². The maximum absolute atomic E-state index is 13.4. The van der Waals surface area contributed by atoms with Crippen LogP contribution < -0.4 is 4.72 Å². The van der Waals surface area contributed by atoms with E-state index in [0.717, 1.165) is 16.6 Å². The van der Waals surface area contributed by atoms with Crippen LogP contribution in [0.2, 0.25) is 0 Å². The monoisotopic (exact) mass is 286 g/mol. The SMILES string of the molecule is Cc1nc(NS(=O)(=O)c2ccccc2F)sc1C. The van der Waals surface area contributed by atoms with Crippen molar-refractivity contribution in [1.82, 2.24) is 4.98 Å². The van der Waals surface area contributed by atoms with Crippen molar-refractivity contribution in [2.75, 3.05) is 4.72 Å². The highest BCUT2D eigenvalue weighted by Gasteiger charge is 2.20. The topological polar surface area (TPSA) is 59.1 Å². The molecule has 0 radical (unpaired) electrons. The van der Waals surface area contributed by atoms with Crippen molar-refractivity contribution in [2.24, 2.45) is 0 Å². The summed E-state index contributed by atoms with van der Waals surface area (Å²) in [4.78, 5) is 4.60. The Kier molecular flexibility index (Phi) is 3.36. The lowest BCUT2D eigenvalue weighted by molar-refractivity contribution is 0.570. The summed E-state index contributed by atoms with van der Waals surface area (Å²) < 4.78 is 39.6. The Morgan fingerprint density at radius 3 is 2.50 bits per heavy atom. The molecule has 0 atom stereocenters. The summed E-state index contributed by atoms with van der Waals surface area (Å²) >= 11 is 1.22. The van der Waals surface area contributed by atoms with Crippen LogP contribution in [0.3, 0.4) is 0 Å². The maximum atomic E-state index is 13.4. The van der Waals surface area contributed by atoms with Crippen molar-refractivity contribution >= 4 is 26.5 Å². The van der Waals surface area contributed by atoms with Crippen LogP contribution in [0, 0.1) is 19.7 Å². The number of sulfonamides is 1. The molecule has 1 aromatic heterocycles. The third-order valence-electron chi connectivity index (χ3n) is 2.38. The van der Waals surface area contributed by atoms with E-state index in [9.17, 15) is 12.8 Å². The molecule has 0 aliphatic heterocycles. The number of benzene rings is 1. The first kappa shape index (κ1) is 13.0. The van der Waals surface area contributed by atoms with Gasteiger partial charge in [0, 0.05) is 4.88 Å². The fourth-order valence-electron chi connectivity index (χ4n) is 1.35. The Morgan fingerprint density at radius 2 is 1.94 bits per heavy atom. The predicted molar refractivity (Wildman–Crippen MR) is 68.8 cm³/mol. The van der Waals surface area contributed by atoms with Crippen LogP contribution in [-0.4, -0.2) is 13.4 Å². The summed E-state index contributed by atoms with van der Waals surface area (Å²) in [6, 6.07) is 5.22. The number of hydrogen-bond donors (Lipinski definition) is 1. The highest BCUT2D eigenvalue weighted by Crippen LogP contribution is 2.24. The second kappa shape index (κ2) is 4.66. The average Bonchev–Trinajstić information content (AvgIpc) is 2.57. The number of nitrogens with zero attached hydrogens (tertiary/aromatic N) is 1. The predicted octanol–water partition coefficient (Wildman–Crippen LogP) is 2.70. The maximum Gasteiger partial charge on any atom is 0.266 e. The molecule has 18 heavy (non-hydrogen) atoms. The van der Waals surface area contributed by atoms with Gasteiger partial charge in [-0.05, 0) is 26.0 Å². The minimum atomic E-state index is -3.92. The molecule has 0 aliphatic carbocycles. The van der Waals surface area contributed by atoms with E-state index in [-0.39, 0.29) is 10.0 Å². The fraction of sp³-hybridized carbons (Fsp3) is 0.182. The average molecular weight is 286 g/mol. The van der Waals surface area contributed by atoms with E-state index < -0.39 is 15.8 Å². The van der Waals surface area contributed by atoms with Crippen LogP contribution in [0.5, 0.6) is 0 Å². The highest BCUT2D eigenvalue weighted by molar-refractivity contribution is 7.93. The summed E-state index contributed by atoms with van der Waals surface area (Å²) in [6.45, 7) is 3.63. The molecule has 2 rings (SSSR count). The molecule has 0 saturated heterocycles. The van der Waals surface area contributed by atoms with Gasteiger partial charge in [0.25, 0.3) is 10.0 Å². The number of hydrogen-bond acceptors (Lipinski definition) is 4. The highest BCUT2D eigenvalue weighted by atomic mass is 32.2. The molecular weight excluding hydrogens is 275 g/mol. The number of anilines is 1. The molecule has 96 valence electrons. The first-order valence-electron chi connectivity index (χ1n) is 5.11. The smallest absolute Gasteiger partial charge is 0.255 e. The van der Waals surface area contributed by atoms with Gasteiger partial charge in [0.1, 0.15) is 10.7 Å². The lowest BCUT2D eigenvalue weighted by atomic mass is 10.4. The Hall–Kier alpha value is -1.47. The summed E-state index contributed by atoms with van der Waals surface area (Å²) in [7, 11) is -3.92. The van der Waals surface area contributed by atoms with E-state index in [1.165, 1.54) is 29.5 Å². The van der Waals surface area contributed by atoms with E-state index in [4.69, 9.17) is 0 Å². The van der Waals surface area contributed by atoms with E-state index in [1.54, 1.807) is 6.92 Å². The van der Waals surface area contributed by atoms with E-state index in [0.29, 0.717) is 0 Å². The van der Waals surface area contributed by atoms with Crippen molar-refractivity contribution in [3.8, 4) is 0 Å². The molecule has 1 heterocycles. The standard InChI is InChI=1S/C11H11FN2O2S2/c1-7-8(2)17-11(13-7)14-18(15,16)10-6-4-3-5-9(10)12/h3-6H,1-2H3,(H,13,14). The molecule has 1 aromatic carbocycles. The van der Waals surface area contributed by atoms with Crippen molar-refractivity contribution < 1.29 is 12.8 Å². The van der Waals surface area contributed by atoms with Gasteiger partial charge >= 0.3 is 0 Å². The molecule has 0 spiro atoms. The number of nitrogens with one attached hydrogen (secondary N) is 1. The Balaban J connectivity index is 2.36. The molecule has 0 bridgehead atoms. The molecule has 1 N–H and O–H groups in total. The van der Waals surface area contributed by atoms with Crippen LogP contribution in [0.4, 0.5) is 9.52 Å². The van der Waals surface area contributed by atoms with Gasteiger partial charge in [-0.2, -0.15) is 0 Å². The second-order valence-corrected chi connectivity index (χ2v) is 6.55. The van der Waals surface area contributed by atoms with Crippen LogP contribution in [-0.2, 0) is 10.0 Å². The molecule has 4 nitrogen and oxygen atoms in total. The van der Waals surface area contributed by atoms with Crippen LogP contribution in [0.15, 0.2) is 29.2 Å². The summed E-state index contributed by atoms with van der Waals surface area (Å²) in [5.41, 5.74) is 0.756. The summed E-state index contributed by atoms with van der Waals surface area (Å²) in [5, 5.41) is 0.244. The van der Waals surface area contributed by atoms with Gasteiger partial charge < -0.3 is 0 Å². The van der Waals surface area contributed by atoms with Gasteiger partial charge in [-0.3, -0.25) is 4.72 Å². The van der Waals surface area contributed by atoms with Crippen LogP contribution in [0.1, 0.15) is 10.6 Å². The Bertz CT molecular complexity index is 661. The van der Waals surface area contributed by atoms with E-state index in [2.05, 4.69) is 9.71 Å². The van der Waals surface area contributed by atoms with Crippen molar-refractivity contribution in [3.05, 3.63) is 40.7 Å². The minimum absolute atomic E-state index is 0.244. The number of halogens is 1. The van der Waals surface area contributed by atoms with E-state index >= 15 is 0 Å². The van der Waals surface area contributed by atoms with Gasteiger partial charge in [-0.15, -0.1) is 11.3 Å². The molecule has 0 saturated carbocycles. The van der Waals surface area contributed by atoms with Gasteiger partial charge in [0.05, 0.1) is 5.69 Å². The zero-order chi connectivity index (χ0) is 13.3. The largest absolute Gasteiger partial charge is 0.266 e. The lowest BCUT2D eigenvalue weighted by Gasteiger charge is -2.05. The third kappa shape index (κ3) is 2.51. The number of aryl methyl sites for hydroxylation is 2. The normalized spacial score (nSPS) is 11.5. The molecule has 2 aromatic rings. The number of rotatable bonds is 3. The first-order chi connectivity index (χ1) is 8.40. The van der Waals surface area contributed by atoms with Gasteiger partial charge in [-0.1, -0.05) is 12.1 Å². The van der Waals surface area contributed by atoms with Crippen LogP contribution >= 0.6 is 11.3 Å². The zero-order valence-corrected chi connectivity index (χ0v) is 11.4. The fourth-order valence-corrected chi connectivity index (χ4v) is 3.48. The molecular formula is C11H11FN2O2S2. The van der Waals surface area contributed by atoms with Gasteiger partial charge in [0.15, 0.2) is 5.13 Å². The number of aromatic nitrogens is 1. The minimum Gasteiger partial charge on any atom is -0.255 e. The second-order valence-electron chi connectivity index (χ2n) is 3.70. The first-order valence-corrected chi connectivity index (χ1v) is 7.41. The molecule has 0 aliphatic rings. The molecule has 7 heteroatoms. The third-order valence-corrected chi connectivity index (χ3v) is 4.87. The van der Waals surface area contributed by atoms with Crippen molar-refractivity contribution in [1.29, 1.82) is 0 Å². The number of thiazole rings is 1. The summed E-state index contributed by atoms with van der Waals surface area (Å²) in [6.07, 6.45) is 0. The molecule has 0 amide bonds. The molecule has 0 unspecified atom stereocenters. The van der Waals surface area contributed by atoms with E-state index in [1.807, 2.05) is 6.92 Å². The summed E-state index contributed by atoms with van der Waals surface area (Å²) in [5.74, 6) is -0.782. The zero-order valence-electron chi connectivity index (χ0n) is 9.77. The quantitative estimate of drug-likeness (QED) is 0.943. The van der Waals surface area contributed by atoms with Crippen molar-refractivity contribution in [3.63, 3.8) is 0 Å². The van der Waals surface area contributed by atoms with Gasteiger partial charge in [0.2, 0.25) is 0 Å².